The number of anilines is 1. The van der Waals surface area contributed by atoms with Crippen LogP contribution in [0.4, 0.5) is 10.6 Å². The Balaban J connectivity index is 2.03. The predicted molar refractivity (Wildman–Crippen MR) is 106 cm³/mol. The van der Waals surface area contributed by atoms with E-state index >= 15 is 0 Å². The second kappa shape index (κ2) is 10.0. The highest BCUT2D eigenvalue weighted by atomic mass is 16.6. The molecule has 14 nitrogen and oxygen atoms in total. The van der Waals surface area contributed by atoms with E-state index in [-0.39, 0.29) is 5.82 Å². The fourth-order valence-corrected chi connectivity index (χ4v) is 2.81. The van der Waals surface area contributed by atoms with Crippen LogP contribution >= 0.6 is 0 Å². The van der Waals surface area contributed by atoms with Crippen molar-refractivity contribution in [3.63, 3.8) is 0 Å². The number of nitrogens with zero attached hydrogens (tertiary/aromatic N) is 2. The first kappa shape index (κ1) is 25.2. The highest BCUT2D eigenvalue weighted by Gasteiger charge is 2.43. The molecule has 2 amide bonds. The number of ether oxygens (including phenoxy) is 2. The Labute approximate surface area is 181 Å². The third kappa shape index (κ3) is 6.46. The minimum absolute atomic E-state index is 0.218. The van der Waals surface area contributed by atoms with Crippen LogP contribution in [0.1, 0.15) is 33.4 Å². The Hall–Kier alpha value is -3.07. The van der Waals surface area contributed by atoms with E-state index < -0.39 is 72.9 Å². The van der Waals surface area contributed by atoms with E-state index in [9.17, 15) is 34.5 Å². The van der Waals surface area contributed by atoms with Crippen LogP contribution < -0.4 is 16.3 Å². The first-order chi connectivity index (χ1) is 14.8. The van der Waals surface area contributed by atoms with E-state index in [0.717, 1.165) is 10.8 Å². The third-order valence-corrected chi connectivity index (χ3v) is 4.27. The molecule has 0 bridgehead atoms. The summed E-state index contributed by atoms with van der Waals surface area (Å²) >= 11 is 0. The maximum atomic E-state index is 12.3. The van der Waals surface area contributed by atoms with Gasteiger partial charge in [-0.05, 0) is 26.8 Å². The van der Waals surface area contributed by atoms with Gasteiger partial charge in [0, 0.05) is 6.20 Å². The van der Waals surface area contributed by atoms with Crippen molar-refractivity contribution in [3.05, 3.63) is 22.7 Å². The number of aliphatic hydroxyl groups excluding tert-OH is 3. The van der Waals surface area contributed by atoms with Crippen molar-refractivity contribution >= 4 is 23.8 Å². The SMILES string of the molecule is CC(C)(C)OC(=O)N[C@@H](CC(=O)Nc1ccn([C@@H]2O[C@H](CO)[C@@H](O)[C@@H]2O)c(=O)n1)C(=O)O. The van der Waals surface area contributed by atoms with E-state index in [1.54, 1.807) is 20.8 Å². The van der Waals surface area contributed by atoms with Crippen molar-refractivity contribution in [2.24, 2.45) is 0 Å². The van der Waals surface area contributed by atoms with Gasteiger partial charge in [0.15, 0.2) is 6.23 Å². The first-order valence-corrected chi connectivity index (χ1v) is 9.56. The Kier molecular flexibility index (Phi) is 7.90. The molecule has 1 aromatic heterocycles. The maximum Gasteiger partial charge on any atom is 0.408 e. The van der Waals surface area contributed by atoms with E-state index in [1.807, 2.05) is 0 Å². The monoisotopic (exact) mass is 458 g/mol. The van der Waals surface area contributed by atoms with Gasteiger partial charge in [-0.2, -0.15) is 4.98 Å². The van der Waals surface area contributed by atoms with E-state index in [4.69, 9.17) is 14.6 Å². The number of carbonyl (C=O) groups excluding carboxylic acids is 2. The lowest BCUT2D eigenvalue weighted by Crippen LogP contribution is -2.45. The van der Waals surface area contributed by atoms with Crippen molar-refractivity contribution in [2.75, 3.05) is 11.9 Å². The van der Waals surface area contributed by atoms with Gasteiger partial charge < -0.3 is 40.5 Å². The molecule has 0 unspecified atom stereocenters. The maximum absolute atomic E-state index is 12.3. The van der Waals surface area contributed by atoms with Crippen molar-refractivity contribution in [1.29, 1.82) is 0 Å². The molecule has 0 saturated carbocycles. The van der Waals surface area contributed by atoms with Crippen LogP contribution in [0.25, 0.3) is 0 Å². The summed E-state index contributed by atoms with van der Waals surface area (Å²) in [6.45, 7) is 4.18. The van der Waals surface area contributed by atoms with Gasteiger partial charge in [0.05, 0.1) is 13.0 Å². The molecule has 32 heavy (non-hydrogen) atoms. The second-order valence-electron chi connectivity index (χ2n) is 8.02. The van der Waals surface area contributed by atoms with Crippen molar-refractivity contribution in [2.45, 2.75) is 63.4 Å². The largest absolute Gasteiger partial charge is 0.480 e. The molecule has 5 atom stereocenters. The molecule has 2 rings (SSSR count). The van der Waals surface area contributed by atoms with Gasteiger partial charge in [-0.3, -0.25) is 9.36 Å². The van der Waals surface area contributed by atoms with Gasteiger partial charge in [0.1, 0.15) is 35.8 Å². The zero-order valence-electron chi connectivity index (χ0n) is 17.6. The summed E-state index contributed by atoms with van der Waals surface area (Å²) in [4.78, 5) is 51.2. The average Bonchev–Trinajstić information content (AvgIpc) is 2.94. The van der Waals surface area contributed by atoms with Gasteiger partial charge in [0.25, 0.3) is 0 Å². The molecule has 1 aromatic rings. The number of rotatable bonds is 7. The molecule has 0 aliphatic carbocycles. The standard InChI is InChI=1S/C18H26N4O10/c1-18(2,3)32-17(30)19-8(15(27)28)6-11(24)20-10-4-5-22(16(29)21-10)14-13(26)12(25)9(7-23)31-14/h4-5,8-9,12-14,23,25-26H,6-7H2,1-3H3,(H,19,30)(H,27,28)(H,20,21,24,29)/t8-,9+,12+,13-,14+/m0/s1. The predicted octanol–water partition coefficient (Wildman–Crippen LogP) is -1.84. The summed E-state index contributed by atoms with van der Waals surface area (Å²) in [5, 5.41) is 42.5. The molecule has 2 heterocycles. The van der Waals surface area contributed by atoms with Gasteiger partial charge >= 0.3 is 17.8 Å². The van der Waals surface area contributed by atoms with Crippen molar-refractivity contribution in [1.82, 2.24) is 14.9 Å². The third-order valence-electron chi connectivity index (χ3n) is 4.27. The summed E-state index contributed by atoms with van der Waals surface area (Å²) in [6, 6.07) is -0.408. The van der Waals surface area contributed by atoms with Crippen LogP contribution in [0, 0.1) is 0 Å². The molecule has 1 fully saturated rings. The minimum Gasteiger partial charge on any atom is -0.480 e. The number of aromatic nitrogens is 2. The Morgan fingerprint density at radius 1 is 1.28 bits per heavy atom. The number of hydrogen-bond acceptors (Lipinski definition) is 10. The number of aliphatic carboxylic acids is 1. The lowest BCUT2D eigenvalue weighted by Gasteiger charge is -2.21. The van der Waals surface area contributed by atoms with E-state index in [2.05, 4.69) is 15.6 Å². The highest BCUT2D eigenvalue weighted by molar-refractivity contribution is 5.94. The molecule has 6 N–H and O–H groups in total. The lowest BCUT2D eigenvalue weighted by atomic mass is 10.1. The Morgan fingerprint density at radius 3 is 2.44 bits per heavy atom. The molecular formula is C18H26N4O10. The first-order valence-electron chi connectivity index (χ1n) is 9.56. The molecule has 14 heteroatoms. The fraction of sp³-hybridized carbons (Fsp3) is 0.611. The molecule has 1 aliphatic heterocycles. The summed E-state index contributed by atoms with van der Waals surface area (Å²) in [7, 11) is 0. The zero-order chi connectivity index (χ0) is 24.2. The smallest absolute Gasteiger partial charge is 0.408 e. The molecule has 0 radical (unpaired) electrons. The number of amides is 2. The average molecular weight is 458 g/mol. The van der Waals surface area contributed by atoms with Gasteiger partial charge in [-0.1, -0.05) is 0 Å². The summed E-state index contributed by atoms with van der Waals surface area (Å²) in [5.41, 5.74) is -1.81. The lowest BCUT2D eigenvalue weighted by molar-refractivity contribution is -0.141. The Bertz CT molecular complexity index is 912. The molecule has 1 aliphatic rings. The van der Waals surface area contributed by atoms with Gasteiger partial charge in [0.2, 0.25) is 5.91 Å². The quantitative estimate of drug-likeness (QED) is 0.267. The summed E-state index contributed by atoms with van der Waals surface area (Å²) in [6.07, 6.45) is -5.86. The summed E-state index contributed by atoms with van der Waals surface area (Å²) in [5.74, 6) is -2.55. The van der Waals surface area contributed by atoms with Crippen molar-refractivity contribution in [3.8, 4) is 0 Å². The van der Waals surface area contributed by atoms with Gasteiger partial charge in [-0.15, -0.1) is 0 Å². The molecule has 178 valence electrons. The number of carboxylic acid groups (broad SMARTS) is 1. The van der Waals surface area contributed by atoms with Crippen LogP contribution in [0.2, 0.25) is 0 Å². The number of carboxylic acids is 1. The highest BCUT2D eigenvalue weighted by Crippen LogP contribution is 2.28. The number of alkyl carbamates (subject to hydrolysis) is 1. The fourth-order valence-electron chi connectivity index (χ4n) is 2.81. The van der Waals surface area contributed by atoms with Crippen LogP contribution in [-0.4, -0.2) is 84.5 Å². The normalized spacial score (nSPS) is 23.9. The number of nitrogens with one attached hydrogen (secondary N) is 2. The zero-order valence-corrected chi connectivity index (χ0v) is 17.6. The molecular weight excluding hydrogens is 432 g/mol. The van der Waals surface area contributed by atoms with Crippen LogP contribution in [0.3, 0.4) is 0 Å². The van der Waals surface area contributed by atoms with Crippen LogP contribution in [0.15, 0.2) is 17.1 Å². The van der Waals surface area contributed by atoms with Crippen molar-refractivity contribution < 1.29 is 44.3 Å². The second-order valence-corrected chi connectivity index (χ2v) is 8.02. The topological polar surface area (TPSA) is 210 Å². The van der Waals surface area contributed by atoms with Crippen LogP contribution in [-0.2, 0) is 19.1 Å². The number of aliphatic hydroxyl groups is 3. The van der Waals surface area contributed by atoms with Gasteiger partial charge in [-0.25, -0.2) is 14.4 Å². The molecule has 0 spiro atoms. The number of carbonyl (C=O) groups is 3. The Morgan fingerprint density at radius 2 is 1.94 bits per heavy atom. The summed E-state index contributed by atoms with van der Waals surface area (Å²) < 4.78 is 11.1. The van der Waals surface area contributed by atoms with Crippen LogP contribution in [0.5, 0.6) is 0 Å². The molecule has 1 saturated heterocycles. The minimum atomic E-state index is -1.59. The number of hydrogen-bond donors (Lipinski definition) is 6. The van der Waals surface area contributed by atoms with E-state index in [1.165, 1.54) is 6.07 Å². The molecule has 0 aromatic carbocycles. The van der Waals surface area contributed by atoms with E-state index in [0.29, 0.717) is 0 Å².